The monoisotopic (exact) mass is 366 g/mol. The van der Waals surface area contributed by atoms with Gasteiger partial charge in [0.05, 0.1) is 11.9 Å². The number of aryl methyl sites for hydroxylation is 1. The van der Waals surface area contributed by atoms with E-state index in [1.165, 1.54) is 22.6 Å². The van der Waals surface area contributed by atoms with E-state index in [4.69, 9.17) is 0 Å². The standard InChI is InChI=1S/C17H23FN4O2S/c1-3-22-14(2)17(12-19-22)25(23,24)21-10-8-20(9-11-21)13-15-4-6-16(18)7-5-15/h4-7,12H,3,8-11,13H2,1-2H3. The number of sulfonamides is 1. The first-order valence-corrected chi connectivity index (χ1v) is 9.85. The molecule has 2 heterocycles. The maximum absolute atomic E-state index is 13.0. The molecular weight excluding hydrogens is 343 g/mol. The Morgan fingerprint density at radius 2 is 1.76 bits per heavy atom. The second-order valence-corrected chi connectivity index (χ2v) is 8.12. The molecular formula is C17H23FN4O2S. The summed E-state index contributed by atoms with van der Waals surface area (Å²) in [5, 5.41) is 4.14. The van der Waals surface area contributed by atoms with Gasteiger partial charge in [0.2, 0.25) is 10.0 Å². The predicted molar refractivity (Wildman–Crippen MR) is 93.1 cm³/mol. The Hall–Kier alpha value is -1.77. The molecule has 0 radical (unpaired) electrons. The Balaban J connectivity index is 1.65. The molecule has 0 atom stereocenters. The lowest BCUT2D eigenvalue weighted by molar-refractivity contribution is 0.181. The van der Waals surface area contributed by atoms with Crippen LogP contribution >= 0.6 is 0 Å². The lowest BCUT2D eigenvalue weighted by Crippen LogP contribution is -2.48. The fraction of sp³-hybridized carbons (Fsp3) is 0.471. The number of nitrogens with zero attached hydrogens (tertiary/aromatic N) is 4. The van der Waals surface area contributed by atoms with Crippen molar-refractivity contribution in [3.63, 3.8) is 0 Å². The minimum absolute atomic E-state index is 0.248. The topological polar surface area (TPSA) is 58.4 Å². The van der Waals surface area contributed by atoms with Crippen molar-refractivity contribution in [1.82, 2.24) is 19.0 Å². The third-order valence-corrected chi connectivity index (χ3v) is 6.63. The predicted octanol–water partition coefficient (Wildman–Crippen LogP) is 1.86. The molecule has 1 saturated heterocycles. The molecule has 0 saturated carbocycles. The van der Waals surface area contributed by atoms with Crippen LogP contribution in [0.1, 0.15) is 18.2 Å². The quantitative estimate of drug-likeness (QED) is 0.810. The first-order chi connectivity index (χ1) is 11.9. The van der Waals surface area contributed by atoms with Crippen LogP contribution in [0.2, 0.25) is 0 Å². The zero-order chi connectivity index (χ0) is 18.0. The smallest absolute Gasteiger partial charge is 0.246 e. The van der Waals surface area contributed by atoms with Gasteiger partial charge in [0.15, 0.2) is 0 Å². The van der Waals surface area contributed by atoms with Crippen molar-refractivity contribution >= 4 is 10.0 Å². The first kappa shape index (κ1) is 18.0. The summed E-state index contributed by atoms with van der Waals surface area (Å²) in [6, 6.07) is 6.43. The van der Waals surface area contributed by atoms with E-state index in [9.17, 15) is 12.8 Å². The summed E-state index contributed by atoms with van der Waals surface area (Å²) >= 11 is 0. The van der Waals surface area contributed by atoms with Crippen molar-refractivity contribution in [2.24, 2.45) is 0 Å². The van der Waals surface area contributed by atoms with Crippen LogP contribution in [-0.4, -0.2) is 53.6 Å². The van der Waals surface area contributed by atoms with E-state index in [0.717, 1.165) is 5.56 Å². The highest BCUT2D eigenvalue weighted by molar-refractivity contribution is 7.89. The van der Waals surface area contributed by atoms with Crippen LogP contribution in [0.4, 0.5) is 4.39 Å². The molecule has 0 aliphatic carbocycles. The fourth-order valence-electron chi connectivity index (χ4n) is 3.12. The summed E-state index contributed by atoms with van der Waals surface area (Å²) in [5.74, 6) is -0.248. The molecule has 0 spiro atoms. The highest BCUT2D eigenvalue weighted by Crippen LogP contribution is 2.21. The molecule has 0 bridgehead atoms. The maximum atomic E-state index is 13.0. The molecule has 6 nitrogen and oxygen atoms in total. The van der Waals surface area contributed by atoms with Gasteiger partial charge in [-0.25, -0.2) is 12.8 Å². The lowest BCUT2D eigenvalue weighted by Gasteiger charge is -2.33. The molecule has 25 heavy (non-hydrogen) atoms. The highest BCUT2D eigenvalue weighted by Gasteiger charge is 2.31. The Bertz CT molecular complexity index is 825. The second kappa shape index (κ2) is 7.23. The molecule has 0 unspecified atom stereocenters. The highest BCUT2D eigenvalue weighted by atomic mass is 32.2. The number of halogens is 1. The lowest BCUT2D eigenvalue weighted by atomic mass is 10.2. The van der Waals surface area contributed by atoms with Crippen LogP contribution in [0.15, 0.2) is 35.4 Å². The average Bonchev–Trinajstić information content (AvgIpc) is 2.99. The van der Waals surface area contributed by atoms with Crippen LogP contribution in [-0.2, 0) is 23.1 Å². The van der Waals surface area contributed by atoms with Crippen LogP contribution in [0.25, 0.3) is 0 Å². The maximum Gasteiger partial charge on any atom is 0.246 e. The second-order valence-electron chi connectivity index (χ2n) is 6.22. The number of hydrogen-bond donors (Lipinski definition) is 0. The van der Waals surface area contributed by atoms with Gasteiger partial charge in [-0.15, -0.1) is 0 Å². The van der Waals surface area contributed by atoms with Crippen molar-refractivity contribution in [3.05, 3.63) is 47.5 Å². The minimum Gasteiger partial charge on any atom is -0.296 e. The summed E-state index contributed by atoms with van der Waals surface area (Å²) < 4.78 is 41.9. The van der Waals surface area contributed by atoms with E-state index in [2.05, 4.69) is 10.00 Å². The average molecular weight is 366 g/mol. The molecule has 0 amide bonds. The molecule has 0 N–H and O–H groups in total. The number of piperazine rings is 1. The van der Waals surface area contributed by atoms with Crippen molar-refractivity contribution in [3.8, 4) is 0 Å². The Kier molecular flexibility index (Phi) is 5.21. The van der Waals surface area contributed by atoms with Crippen LogP contribution in [0.3, 0.4) is 0 Å². The van der Waals surface area contributed by atoms with Crippen LogP contribution < -0.4 is 0 Å². The van der Waals surface area contributed by atoms with Crippen molar-refractivity contribution in [2.75, 3.05) is 26.2 Å². The van der Waals surface area contributed by atoms with Gasteiger partial charge in [-0.2, -0.15) is 9.40 Å². The van der Waals surface area contributed by atoms with Gasteiger partial charge < -0.3 is 0 Å². The van der Waals surface area contributed by atoms with Crippen molar-refractivity contribution in [1.29, 1.82) is 0 Å². The summed E-state index contributed by atoms with van der Waals surface area (Å²) in [5.41, 5.74) is 1.70. The molecule has 8 heteroatoms. The normalized spacial score (nSPS) is 17.1. The molecule has 136 valence electrons. The van der Waals surface area contributed by atoms with Gasteiger partial charge in [0.25, 0.3) is 0 Å². The SMILES string of the molecule is CCn1ncc(S(=O)(=O)N2CCN(Cc3ccc(F)cc3)CC2)c1C. The number of benzene rings is 1. The minimum atomic E-state index is -3.51. The summed E-state index contributed by atoms with van der Waals surface area (Å²) in [4.78, 5) is 2.48. The molecule has 1 aromatic carbocycles. The summed E-state index contributed by atoms with van der Waals surface area (Å²) in [7, 11) is -3.51. The first-order valence-electron chi connectivity index (χ1n) is 8.41. The number of rotatable bonds is 5. The van der Waals surface area contributed by atoms with Gasteiger partial charge >= 0.3 is 0 Å². The molecule has 1 aromatic heterocycles. The fourth-order valence-corrected chi connectivity index (χ4v) is 4.70. The molecule has 2 aromatic rings. The van der Waals surface area contributed by atoms with E-state index in [-0.39, 0.29) is 5.82 Å². The number of aromatic nitrogens is 2. The van der Waals surface area contributed by atoms with Crippen LogP contribution in [0.5, 0.6) is 0 Å². The Labute approximate surface area is 147 Å². The van der Waals surface area contributed by atoms with Crippen LogP contribution in [0, 0.1) is 12.7 Å². The third kappa shape index (κ3) is 3.75. The van der Waals surface area contributed by atoms with Gasteiger partial charge in [-0.3, -0.25) is 9.58 Å². The summed E-state index contributed by atoms with van der Waals surface area (Å²) in [6.07, 6.45) is 1.44. The largest absolute Gasteiger partial charge is 0.296 e. The Morgan fingerprint density at radius 1 is 1.12 bits per heavy atom. The van der Waals surface area contributed by atoms with Gasteiger partial charge in [0.1, 0.15) is 10.7 Å². The molecule has 1 aliphatic heterocycles. The van der Waals surface area contributed by atoms with Gasteiger partial charge in [0, 0.05) is 39.3 Å². The van der Waals surface area contributed by atoms with Gasteiger partial charge in [-0.1, -0.05) is 12.1 Å². The van der Waals surface area contributed by atoms with E-state index >= 15 is 0 Å². The molecule has 3 rings (SSSR count). The van der Waals surface area contributed by atoms with E-state index < -0.39 is 10.0 Å². The van der Waals surface area contributed by atoms with Crippen molar-refractivity contribution in [2.45, 2.75) is 31.8 Å². The third-order valence-electron chi connectivity index (χ3n) is 4.63. The zero-order valence-corrected chi connectivity index (χ0v) is 15.3. The van der Waals surface area contributed by atoms with Crippen molar-refractivity contribution < 1.29 is 12.8 Å². The van der Waals surface area contributed by atoms with E-state index in [1.54, 1.807) is 23.7 Å². The number of hydrogen-bond acceptors (Lipinski definition) is 4. The van der Waals surface area contributed by atoms with E-state index in [0.29, 0.717) is 49.9 Å². The summed E-state index contributed by atoms with van der Waals surface area (Å²) in [6.45, 7) is 7.25. The molecule has 1 aliphatic rings. The van der Waals surface area contributed by atoms with Gasteiger partial charge in [-0.05, 0) is 31.5 Å². The Morgan fingerprint density at radius 3 is 2.32 bits per heavy atom. The van der Waals surface area contributed by atoms with E-state index in [1.807, 2.05) is 6.92 Å². The molecule has 1 fully saturated rings. The zero-order valence-electron chi connectivity index (χ0n) is 14.5.